The van der Waals surface area contributed by atoms with E-state index < -0.39 is 0 Å². The second-order valence-corrected chi connectivity index (χ2v) is 5.14. The Labute approximate surface area is 100.0 Å². The van der Waals surface area contributed by atoms with Gasteiger partial charge in [-0.2, -0.15) is 0 Å². The summed E-state index contributed by atoms with van der Waals surface area (Å²) in [6.45, 7) is 4.12. The van der Waals surface area contributed by atoms with Crippen LogP contribution in [0.1, 0.15) is 31.7 Å². The molecule has 2 heteroatoms. The van der Waals surface area contributed by atoms with Gasteiger partial charge < -0.3 is 4.74 Å². The van der Waals surface area contributed by atoms with E-state index in [4.69, 9.17) is 4.74 Å². The van der Waals surface area contributed by atoms with E-state index in [0.29, 0.717) is 0 Å². The maximum Gasteiger partial charge on any atom is 0.119 e. The van der Waals surface area contributed by atoms with E-state index in [9.17, 15) is 0 Å². The highest BCUT2D eigenvalue weighted by molar-refractivity contribution is 9.09. The molecule has 0 aromatic heterocycles. The van der Waals surface area contributed by atoms with Crippen molar-refractivity contribution in [3.63, 3.8) is 0 Å². The van der Waals surface area contributed by atoms with Crippen LogP contribution >= 0.6 is 15.9 Å². The first-order valence-corrected chi connectivity index (χ1v) is 6.65. The van der Waals surface area contributed by atoms with Gasteiger partial charge in [0, 0.05) is 5.33 Å². The fraction of sp³-hybridized carbons (Fsp3) is 0.538. The zero-order valence-corrected chi connectivity index (χ0v) is 10.8. The summed E-state index contributed by atoms with van der Waals surface area (Å²) in [4.78, 5) is 0. The van der Waals surface area contributed by atoms with Gasteiger partial charge in [0.2, 0.25) is 0 Å². The Hall–Kier alpha value is -0.500. The van der Waals surface area contributed by atoms with Crippen molar-refractivity contribution in [2.75, 3.05) is 5.33 Å². The Morgan fingerprint density at radius 3 is 2.87 bits per heavy atom. The fourth-order valence-electron chi connectivity index (χ4n) is 1.92. The van der Waals surface area contributed by atoms with Crippen LogP contribution in [0.15, 0.2) is 24.3 Å². The number of rotatable bonds is 4. The lowest BCUT2D eigenvalue weighted by molar-refractivity contribution is 0.242. The number of hydrogen-bond donors (Lipinski definition) is 0. The molecule has 2 rings (SSSR count). The normalized spacial score (nSPS) is 24.3. The Kier molecular flexibility index (Phi) is 3.35. The van der Waals surface area contributed by atoms with Gasteiger partial charge >= 0.3 is 0 Å². The van der Waals surface area contributed by atoms with Gasteiger partial charge in [0.15, 0.2) is 0 Å². The lowest BCUT2D eigenvalue weighted by atomic mass is 10.1. The van der Waals surface area contributed by atoms with Crippen LogP contribution in [0.4, 0.5) is 0 Å². The Balaban J connectivity index is 2.06. The van der Waals surface area contributed by atoms with Crippen LogP contribution in [0.2, 0.25) is 0 Å². The number of benzene rings is 1. The summed E-state index contributed by atoms with van der Waals surface area (Å²) in [7, 11) is 0. The topological polar surface area (TPSA) is 9.23 Å². The predicted molar refractivity (Wildman–Crippen MR) is 66.8 cm³/mol. The minimum Gasteiger partial charge on any atom is -0.491 e. The summed E-state index contributed by atoms with van der Waals surface area (Å²) in [5.74, 6) is 2.59. The second-order valence-electron chi connectivity index (χ2n) is 4.50. The van der Waals surface area contributed by atoms with E-state index in [1.165, 1.54) is 12.0 Å². The van der Waals surface area contributed by atoms with E-state index in [2.05, 4.69) is 48.0 Å². The minimum atomic E-state index is 0.256. The van der Waals surface area contributed by atoms with Gasteiger partial charge in [0.25, 0.3) is 0 Å². The average Bonchev–Trinajstić information content (AvgIpc) is 2.96. The maximum absolute atomic E-state index is 5.69. The maximum atomic E-state index is 5.69. The Morgan fingerprint density at radius 1 is 1.47 bits per heavy atom. The molecule has 0 amide bonds. The largest absolute Gasteiger partial charge is 0.491 e. The molecule has 0 aliphatic heterocycles. The summed E-state index contributed by atoms with van der Waals surface area (Å²) >= 11 is 3.54. The third-order valence-corrected chi connectivity index (χ3v) is 3.61. The van der Waals surface area contributed by atoms with Crippen molar-refractivity contribution in [3.05, 3.63) is 29.8 Å². The van der Waals surface area contributed by atoms with E-state index in [1.807, 2.05) is 6.07 Å². The van der Waals surface area contributed by atoms with Crippen LogP contribution in [-0.4, -0.2) is 11.4 Å². The standard InChI is InChI=1S/C13H17BrO/c1-9(2)15-12-5-3-4-10(6-12)13-7-11(13)8-14/h3-6,9,11,13H,7-8H2,1-2H3. The molecule has 0 spiro atoms. The van der Waals surface area contributed by atoms with Crippen molar-refractivity contribution in [2.24, 2.45) is 5.92 Å². The summed E-state index contributed by atoms with van der Waals surface area (Å²) in [5.41, 5.74) is 1.43. The van der Waals surface area contributed by atoms with Gasteiger partial charge in [0.05, 0.1) is 6.10 Å². The highest BCUT2D eigenvalue weighted by Crippen LogP contribution is 2.48. The number of hydrogen-bond acceptors (Lipinski definition) is 1. The van der Waals surface area contributed by atoms with Gasteiger partial charge in [0.1, 0.15) is 5.75 Å². The molecular formula is C13H17BrO. The van der Waals surface area contributed by atoms with Gasteiger partial charge in [-0.25, -0.2) is 0 Å². The third kappa shape index (κ3) is 2.75. The molecule has 0 radical (unpaired) electrons. The first-order chi connectivity index (χ1) is 7.20. The van der Waals surface area contributed by atoms with Crippen LogP contribution in [0.5, 0.6) is 5.75 Å². The molecule has 1 saturated carbocycles. The molecule has 0 bridgehead atoms. The monoisotopic (exact) mass is 268 g/mol. The molecule has 2 atom stereocenters. The third-order valence-electron chi connectivity index (χ3n) is 2.78. The first kappa shape index (κ1) is 11.0. The highest BCUT2D eigenvalue weighted by atomic mass is 79.9. The summed E-state index contributed by atoms with van der Waals surface area (Å²) in [6.07, 6.45) is 1.57. The van der Waals surface area contributed by atoms with Crippen molar-refractivity contribution >= 4 is 15.9 Å². The van der Waals surface area contributed by atoms with Gasteiger partial charge in [-0.3, -0.25) is 0 Å². The molecule has 82 valence electrons. The molecule has 0 saturated heterocycles. The summed E-state index contributed by atoms with van der Waals surface area (Å²) < 4.78 is 5.69. The van der Waals surface area contributed by atoms with Crippen LogP contribution in [0.25, 0.3) is 0 Å². The quantitative estimate of drug-likeness (QED) is 0.751. The van der Waals surface area contributed by atoms with E-state index in [-0.39, 0.29) is 6.10 Å². The lowest BCUT2D eigenvalue weighted by Gasteiger charge is -2.10. The SMILES string of the molecule is CC(C)Oc1cccc(C2CC2CBr)c1. The number of halogens is 1. The van der Waals surface area contributed by atoms with Crippen LogP contribution in [0.3, 0.4) is 0 Å². The van der Waals surface area contributed by atoms with Crippen molar-refractivity contribution in [1.82, 2.24) is 0 Å². The molecule has 1 aliphatic carbocycles. The van der Waals surface area contributed by atoms with Gasteiger partial charge in [-0.1, -0.05) is 28.1 Å². The van der Waals surface area contributed by atoms with Crippen molar-refractivity contribution in [2.45, 2.75) is 32.3 Å². The van der Waals surface area contributed by atoms with Crippen molar-refractivity contribution in [1.29, 1.82) is 0 Å². The first-order valence-electron chi connectivity index (χ1n) is 5.53. The molecule has 1 aromatic rings. The fourth-order valence-corrected chi connectivity index (χ4v) is 2.63. The number of alkyl halides is 1. The molecular weight excluding hydrogens is 252 g/mol. The Morgan fingerprint density at radius 2 is 2.27 bits per heavy atom. The van der Waals surface area contributed by atoms with Crippen LogP contribution in [0, 0.1) is 5.92 Å². The summed E-state index contributed by atoms with van der Waals surface area (Å²) in [6, 6.07) is 8.53. The highest BCUT2D eigenvalue weighted by Gasteiger charge is 2.37. The summed E-state index contributed by atoms with van der Waals surface area (Å²) in [5, 5.41) is 1.12. The second kappa shape index (κ2) is 4.56. The molecule has 1 fully saturated rings. The van der Waals surface area contributed by atoms with Crippen LogP contribution < -0.4 is 4.74 Å². The van der Waals surface area contributed by atoms with E-state index >= 15 is 0 Å². The van der Waals surface area contributed by atoms with Crippen LogP contribution in [-0.2, 0) is 0 Å². The molecule has 1 aliphatic rings. The van der Waals surface area contributed by atoms with Gasteiger partial charge in [-0.05, 0) is 49.8 Å². The molecule has 1 nitrogen and oxygen atoms in total. The lowest BCUT2D eigenvalue weighted by Crippen LogP contribution is -2.05. The molecule has 0 N–H and O–H groups in total. The number of ether oxygens (including phenoxy) is 1. The molecule has 15 heavy (non-hydrogen) atoms. The van der Waals surface area contributed by atoms with E-state index in [1.54, 1.807) is 0 Å². The minimum absolute atomic E-state index is 0.256. The molecule has 2 unspecified atom stereocenters. The zero-order chi connectivity index (χ0) is 10.8. The molecule has 0 heterocycles. The molecule has 1 aromatic carbocycles. The van der Waals surface area contributed by atoms with E-state index in [0.717, 1.165) is 22.9 Å². The zero-order valence-electron chi connectivity index (χ0n) is 9.24. The predicted octanol–water partition coefficient (Wildman–Crippen LogP) is 3.97. The van der Waals surface area contributed by atoms with Crippen molar-refractivity contribution < 1.29 is 4.74 Å². The smallest absolute Gasteiger partial charge is 0.119 e. The Bertz CT molecular complexity index is 335. The van der Waals surface area contributed by atoms with Crippen molar-refractivity contribution in [3.8, 4) is 5.75 Å². The average molecular weight is 269 g/mol. The van der Waals surface area contributed by atoms with Gasteiger partial charge in [-0.15, -0.1) is 0 Å².